The number of amidine groups is 1. The number of rotatable bonds is 0. The minimum atomic E-state index is -6.00. The third-order valence-corrected chi connectivity index (χ3v) is 1.37. The Balaban J connectivity index is 0. The second-order valence-electron chi connectivity index (χ2n) is 2.47. The summed E-state index contributed by atoms with van der Waals surface area (Å²) >= 11 is 0. The van der Waals surface area contributed by atoms with E-state index in [9.17, 15) is 17.3 Å². The quantitative estimate of drug-likeness (QED) is 0.455. The Morgan fingerprint density at radius 2 is 1.83 bits per heavy atom. The highest BCUT2D eigenvalue weighted by Gasteiger charge is 2.20. The second-order valence-corrected chi connectivity index (χ2v) is 2.47. The van der Waals surface area contributed by atoms with Gasteiger partial charge >= 0.3 is 8.68 Å². The summed E-state index contributed by atoms with van der Waals surface area (Å²) in [6, 6.07) is 0. The lowest BCUT2D eigenvalue weighted by atomic mass is 10.3. The predicted molar refractivity (Wildman–Crippen MR) is 40.9 cm³/mol. The molecule has 1 aliphatic heterocycles. The van der Waals surface area contributed by atoms with Crippen LogP contribution in [0.1, 0.15) is 14.3 Å². The summed E-state index contributed by atoms with van der Waals surface area (Å²) in [6.45, 7) is 1.08. The second kappa shape index (κ2) is 4.32. The lowest BCUT2D eigenvalue weighted by Crippen LogP contribution is -2.17. The van der Waals surface area contributed by atoms with Gasteiger partial charge in [0, 0.05) is 20.0 Å². The fraction of sp³-hybridized carbons (Fsp3) is 0.800. The van der Waals surface area contributed by atoms with Crippen molar-refractivity contribution in [3.05, 3.63) is 0 Å². The number of nitrogens with one attached hydrogen (secondary N) is 1. The van der Waals surface area contributed by atoms with Crippen LogP contribution in [0.2, 0.25) is 0 Å². The van der Waals surface area contributed by atoms with E-state index >= 15 is 0 Å². The molecule has 7 heteroatoms. The first-order valence-corrected chi connectivity index (χ1v) is 3.46. The van der Waals surface area contributed by atoms with E-state index in [0.717, 1.165) is 18.8 Å². The zero-order valence-corrected chi connectivity index (χ0v) is 6.66. The van der Waals surface area contributed by atoms with Gasteiger partial charge in [-0.15, -0.1) is 0 Å². The lowest BCUT2D eigenvalue weighted by molar-refractivity contribution is 0.368. The number of halogens is 4. The SMILES string of the molecule is CN1CCCC1=N.F[B-](F)(F)F.[H+]. The molecule has 0 aromatic heterocycles. The van der Waals surface area contributed by atoms with Crippen molar-refractivity contribution in [1.29, 1.82) is 5.41 Å². The molecule has 0 unspecified atom stereocenters. The largest absolute Gasteiger partial charge is 1.00 e. The molecular weight excluding hydrogens is 175 g/mol. The van der Waals surface area contributed by atoms with E-state index in [-0.39, 0.29) is 1.43 Å². The van der Waals surface area contributed by atoms with Crippen LogP contribution in [0.3, 0.4) is 0 Å². The van der Waals surface area contributed by atoms with Crippen LogP contribution in [0.4, 0.5) is 17.3 Å². The van der Waals surface area contributed by atoms with E-state index in [1.165, 1.54) is 6.42 Å². The van der Waals surface area contributed by atoms with Gasteiger partial charge in [0.1, 0.15) is 0 Å². The summed E-state index contributed by atoms with van der Waals surface area (Å²) in [4.78, 5) is 1.99. The molecule has 1 heterocycles. The molecule has 0 bridgehead atoms. The van der Waals surface area contributed by atoms with Crippen LogP contribution >= 0.6 is 0 Å². The highest BCUT2D eigenvalue weighted by molar-refractivity contribution is 6.50. The predicted octanol–water partition coefficient (Wildman–Crippen LogP) is 2.10. The number of nitrogens with zero attached hydrogens (tertiary/aromatic N) is 1. The van der Waals surface area contributed by atoms with E-state index in [1.54, 1.807) is 0 Å². The highest BCUT2D eigenvalue weighted by Crippen LogP contribution is 2.06. The Hall–Kier alpha value is -0.745. The van der Waals surface area contributed by atoms with Gasteiger partial charge in [-0.1, -0.05) is 0 Å². The van der Waals surface area contributed by atoms with Crippen molar-refractivity contribution in [2.45, 2.75) is 12.8 Å². The molecule has 12 heavy (non-hydrogen) atoms. The fourth-order valence-electron chi connectivity index (χ4n) is 0.809. The summed E-state index contributed by atoms with van der Waals surface area (Å²) in [5.74, 6) is 0.792. The molecular formula is C5H11BF4N2. The molecule has 1 aliphatic rings. The average molecular weight is 186 g/mol. The molecule has 0 amide bonds. The topological polar surface area (TPSA) is 27.1 Å². The molecule has 0 aromatic rings. The monoisotopic (exact) mass is 186 g/mol. The fourth-order valence-corrected chi connectivity index (χ4v) is 0.809. The summed E-state index contributed by atoms with van der Waals surface area (Å²) in [7, 11) is -4.03. The molecule has 0 saturated carbocycles. The van der Waals surface area contributed by atoms with Gasteiger partial charge in [-0.25, -0.2) is 0 Å². The summed E-state index contributed by atoms with van der Waals surface area (Å²) in [5, 5.41) is 7.18. The molecule has 0 aliphatic carbocycles. The summed E-state index contributed by atoms with van der Waals surface area (Å²) in [5.41, 5.74) is 0. The Morgan fingerprint density at radius 1 is 1.42 bits per heavy atom. The molecule has 0 radical (unpaired) electrons. The molecule has 0 atom stereocenters. The number of likely N-dealkylation sites (tertiary alicyclic amines) is 1. The third kappa shape index (κ3) is 7.36. The Bertz CT molecular complexity index is 157. The Kier molecular flexibility index (Phi) is 4.05. The van der Waals surface area contributed by atoms with Crippen LogP contribution in [0, 0.1) is 5.41 Å². The minimum Gasteiger partial charge on any atom is -0.418 e. The molecule has 1 fully saturated rings. The van der Waals surface area contributed by atoms with Gasteiger partial charge in [-0.05, 0) is 6.42 Å². The molecule has 72 valence electrons. The van der Waals surface area contributed by atoms with E-state index in [0.29, 0.717) is 0 Å². The van der Waals surface area contributed by atoms with Gasteiger partial charge in [-0.3, -0.25) is 5.41 Å². The maximum Gasteiger partial charge on any atom is 1.00 e. The minimum absolute atomic E-state index is 0. The highest BCUT2D eigenvalue weighted by atomic mass is 19.5. The van der Waals surface area contributed by atoms with Crippen LogP contribution in [0.25, 0.3) is 0 Å². The molecule has 2 nitrogen and oxygen atoms in total. The molecule has 1 rings (SSSR count). The maximum atomic E-state index is 9.75. The van der Waals surface area contributed by atoms with Gasteiger partial charge in [0.05, 0.1) is 5.84 Å². The first-order chi connectivity index (χ1) is 5.30. The van der Waals surface area contributed by atoms with Crippen molar-refractivity contribution in [2.75, 3.05) is 13.6 Å². The number of hydrogen-bond donors (Lipinski definition) is 1. The van der Waals surface area contributed by atoms with Gasteiger partial charge in [0.25, 0.3) is 0 Å². The molecule has 1 saturated heterocycles. The average Bonchev–Trinajstić information content (AvgIpc) is 2.12. The normalized spacial score (nSPS) is 17.4. The first-order valence-electron chi connectivity index (χ1n) is 3.46. The smallest absolute Gasteiger partial charge is 0.418 e. The van der Waals surface area contributed by atoms with Crippen LogP contribution in [-0.2, 0) is 0 Å². The summed E-state index contributed by atoms with van der Waals surface area (Å²) < 4.78 is 39.0. The van der Waals surface area contributed by atoms with Gasteiger partial charge < -0.3 is 22.2 Å². The van der Waals surface area contributed by atoms with E-state index in [4.69, 9.17) is 5.41 Å². The van der Waals surface area contributed by atoms with Crippen molar-refractivity contribution in [2.24, 2.45) is 0 Å². The standard InChI is InChI=1S/C5H10N2.BF4/c1-7-4-2-3-5(7)6;2-1(3,4)5/h6H,2-4H2,1H3;/q;-1/p+1. The van der Waals surface area contributed by atoms with E-state index < -0.39 is 7.25 Å². The van der Waals surface area contributed by atoms with Crippen LogP contribution in [0.15, 0.2) is 0 Å². The van der Waals surface area contributed by atoms with Crippen molar-refractivity contribution < 1.29 is 18.7 Å². The summed E-state index contributed by atoms with van der Waals surface area (Å²) in [6.07, 6.45) is 2.16. The first kappa shape index (κ1) is 11.3. The van der Waals surface area contributed by atoms with Crippen LogP contribution in [0.5, 0.6) is 0 Å². The van der Waals surface area contributed by atoms with Crippen molar-refractivity contribution in [3.63, 3.8) is 0 Å². The Morgan fingerprint density at radius 3 is 1.92 bits per heavy atom. The maximum absolute atomic E-state index is 9.75. The van der Waals surface area contributed by atoms with Crippen molar-refractivity contribution >= 4 is 13.1 Å². The molecule has 0 aromatic carbocycles. The van der Waals surface area contributed by atoms with Crippen LogP contribution < -0.4 is 0 Å². The van der Waals surface area contributed by atoms with Gasteiger partial charge in [0.15, 0.2) is 0 Å². The Labute approximate surface area is 69.6 Å². The molecule has 0 spiro atoms. The number of hydrogen-bond acceptors (Lipinski definition) is 1. The van der Waals surface area contributed by atoms with Crippen LogP contribution in [-0.4, -0.2) is 31.6 Å². The van der Waals surface area contributed by atoms with Crippen molar-refractivity contribution in [3.8, 4) is 0 Å². The third-order valence-electron chi connectivity index (χ3n) is 1.37. The van der Waals surface area contributed by atoms with E-state index in [2.05, 4.69) is 0 Å². The van der Waals surface area contributed by atoms with E-state index in [1.807, 2.05) is 11.9 Å². The lowest BCUT2D eigenvalue weighted by Gasteiger charge is -2.06. The molecule has 1 N–H and O–H groups in total. The zero-order chi connectivity index (χ0) is 9.78. The van der Waals surface area contributed by atoms with Gasteiger partial charge in [0.2, 0.25) is 0 Å². The zero-order valence-electron chi connectivity index (χ0n) is 7.66. The van der Waals surface area contributed by atoms with Gasteiger partial charge in [-0.2, -0.15) is 0 Å². The van der Waals surface area contributed by atoms with Crippen molar-refractivity contribution in [1.82, 2.24) is 4.90 Å².